The molecular weight excluding hydrogens is 397 g/mol. The number of piperazine rings is 1. The predicted molar refractivity (Wildman–Crippen MR) is 120 cm³/mol. The molecule has 0 radical (unpaired) electrons. The molecule has 27 heavy (non-hydrogen) atoms. The van der Waals surface area contributed by atoms with Crippen molar-refractivity contribution in [1.29, 1.82) is 0 Å². The van der Waals surface area contributed by atoms with E-state index in [4.69, 9.17) is 16.6 Å². The molecule has 0 spiro atoms. The molecule has 0 atom stereocenters. The van der Waals surface area contributed by atoms with Crippen LogP contribution < -0.4 is 4.90 Å². The van der Waals surface area contributed by atoms with Gasteiger partial charge >= 0.3 is 0 Å². The van der Waals surface area contributed by atoms with Crippen LogP contribution in [0.1, 0.15) is 17.8 Å². The summed E-state index contributed by atoms with van der Waals surface area (Å²) in [6, 6.07) is 16.6. The van der Waals surface area contributed by atoms with Crippen LogP contribution in [0.5, 0.6) is 0 Å². The summed E-state index contributed by atoms with van der Waals surface area (Å²) in [5.74, 6) is 0. The number of aryl methyl sites for hydroxylation is 1. The maximum Gasteiger partial charge on any atom is 0.0938 e. The molecule has 0 saturated carbocycles. The van der Waals surface area contributed by atoms with E-state index in [9.17, 15) is 0 Å². The second kappa shape index (κ2) is 9.74. The molecule has 2 aromatic carbocycles. The third kappa shape index (κ3) is 5.35. The minimum atomic E-state index is 0. The van der Waals surface area contributed by atoms with Gasteiger partial charge in [-0.2, -0.15) is 0 Å². The van der Waals surface area contributed by atoms with Crippen LogP contribution in [0.2, 0.25) is 5.02 Å². The van der Waals surface area contributed by atoms with Crippen LogP contribution in [-0.2, 0) is 6.42 Å². The van der Waals surface area contributed by atoms with E-state index in [-0.39, 0.29) is 12.4 Å². The molecule has 1 saturated heterocycles. The number of unbranched alkanes of at least 4 members (excludes halogenated alkanes) is 1. The summed E-state index contributed by atoms with van der Waals surface area (Å²) in [5, 5.41) is 2.08. The van der Waals surface area contributed by atoms with Crippen LogP contribution in [0.4, 0.5) is 5.69 Å². The fourth-order valence-electron chi connectivity index (χ4n) is 3.52. The van der Waals surface area contributed by atoms with Gasteiger partial charge in [-0.25, -0.2) is 4.98 Å². The zero-order valence-corrected chi connectivity index (χ0v) is 17.7. The maximum absolute atomic E-state index is 5.98. The average Bonchev–Trinajstić information content (AvgIpc) is 3.09. The van der Waals surface area contributed by atoms with E-state index in [1.165, 1.54) is 34.8 Å². The monoisotopic (exact) mass is 421 g/mol. The van der Waals surface area contributed by atoms with Gasteiger partial charge in [0.2, 0.25) is 0 Å². The first-order chi connectivity index (χ1) is 12.8. The van der Waals surface area contributed by atoms with Crippen LogP contribution in [0.25, 0.3) is 10.2 Å². The summed E-state index contributed by atoms with van der Waals surface area (Å²) >= 11 is 7.82. The van der Waals surface area contributed by atoms with Crippen molar-refractivity contribution in [2.75, 3.05) is 37.6 Å². The number of fused-ring (bicyclic) bond motifs is 1. The second-order valence-corrected chi connectivity index (χ2v) is 8.39. The molecule has 0 aliphatic carbocycles. The SMILES string of the molecule is Cl.Clc1ccc(N2CCN(CCCCc3nc4ccccc4s3)CC2)cc1. The Labute approximate surface area is 176 Å². The highest BCUT2D eigenvalue weighted by Crippen LogP contribution is 2.23. The lowest BCUT2D eigenvalue weighted by Crippen LogP contribution is -2.46. The lowest BCUT2D eigenvalue weighted by Gasteiger charge is -2.36. The Balaban J connectivity index is 0.00000210. The quantitative estimate of drug-likeness (QED) is 0.488. The van der Waals surface area contributed by atoms with Crippen molar-refractivity contribution in [2.24, 2.45) is 0 Å². The fraction of sp³-hybridized carbons (Fsp3) is 0.381. The third-order valence-electron chi connectivity index (χ3n) is 5.02. The highest BCUT2D eigenvalue weighted by Gasteiger charge is 2.16. The van der Waals surface area contributed by atoms with Gasteiger partial charge in [-0.3, -0.25) is 4.90 Å². The van der Waals surface area contributed by atoms with Crippen LogP contribution in [0.3, 0.4) is 0 Å². The van der Waals surface area contributed by atoms with E-state index in [2.05, 4.69) is 46.2 Å². The van der Waals surface area contributed by atoms with Crippen LogP contribution in [0, 0.1) is 0 Å². The first-order valence-electron chi connectivity index (χ1n) is 9.35. The maximum atomic E-state index is 5.98. The Kier molecular flexibility index (Phi) is 7.36. The van der Waals surface area contributed by atoms with Crippen molar-refractivity contribution in [2.45, 2.75) is 19.3 Å². The summed E-state index contributed by atoms with van der Waals surface area (Å²) in [6.45, 7) is 5.67. The van der Waals surface area contributed by atoms with Gasteiger partial charge in [0.15, 0.2) is 0 Å². The average molecular weight is 422 g/mol. The largest absolute Gasteiger partial charge is 0.369 e. The molecule has 144 valence electrons. The first kappa shape index (κ1) is 20.4. The van der Waals surface area contributed by atoms with Gasteiger partial charge in [0.1, 0.15) is 0 Å². The normalized spacial score (nSPS) is 15.1. The van der Waals surface area contributed by atoms with Crippen LogP contribution in [0.15, 0.2) is 48.5 Å². The molecular formula is C21H25Cl2N3S. The van der Waals surface area contributed by atoms with Gasteiger partial charge in [0.25, 0.3) is 0 Å². The van der Waals surface area contributed by atoms with Crippen molar-refractivity contribution in [1.82, 2.24) is 9.88 Å². The Hall–Kier alpha value is -1.33. The topological polar surface area (TPSA) is 19.4 Å². The predicted octanol–water partition coefficient (Wildman–Crippen LogP) is 5.52. The first-order valence-corrected chi connectivity index (χ1v) is 10.5. The molecule has 1 aliphatic heterocycles. The van der Waals surface area contributed by atoms with Gasteiger partial charge in [-0.05, 0) is 62.2 Å². The molecule has 6 heteroatoms. The minimum absolute atomic E-state index is 0. The molecule has 1 fully saturated rings. The summed E-state index contributed by atoms with van der Waals surface area (Å²) < 4.78 is 1.31. The number of para-hydroxylation sites is 1. The Morgan fingerprint density at radius 1 is 0.926 bits per heavy atom. The van der Waals surface area contributed by atoms with Crippen molar-refractivity contribution < 1.29 is 0 Å². The summed E-state index contributed by atoms with van der Waals surface area (Å²) in [7, 11) is 0. The molecule has 0 N–H and O–H groups in total. The van der Waals surface area contributed by atoms with Crippen molar-refractivity contribution in [3.63, 3.8) is 0 Å². The Morgan fingerprint density at radius 2 is 1.67 bits per heavy atom. The van der Waals surface area contributed by atoms with E-state index >= 15 is 0 Å². The number of halogens is 2. The van der Waals surface area contributed by atoms with Gasteiger partial charge in [0, 0.05) is 36.9 Å². The number of thiazole rings is 1. The summed E-state index contributed by atoms with van der Waals surface area (Å²) in [6.07, 6.45) is 3.57. The fourth-order valence-corrected chi connectivity index (χ4v) is 4.66. The number of nitrogens with zero attached hydrogens (tertiary/aromatic N) is 3. The number of rotatable bonds is 6. The van der Waals surface area contributed by atoms with Gasteiger partial charge < -0.3 is 4.90 Å². The van der Waals surface area contributed by atoms with E-state index in [0.29, 0.717) is 0 Å². The lowest BCUT2D eigenvalue weighted by atomic mass is 10.2. The van der Waals surface area contributed by atoms with Crippen molar-refractivity contribution >= 4 is 51.2 Å². The zero-order chi connectivity index (χ0) is 17.8. The van der Waals surface area contributed by atoms with Crippen LogP contribution in [-0.4, -0.2) is 42.6 Å². The Morgan fingerprint density at radius 3 is 2.41 bits per heavy atom. The molecule has 0 amide bonds. The highest BCUT2D eigenvalue weighted by molar-refractivity contribution is 7.18. The number of benzene rings is 2. The third-order valence-corrected chi connectivity index (χ3v) is 6.37. The van der Waals surface area contributed by atoms with Crippen molar-refractivity contribution in [3.05, 3.63) is 58.6 Å². The lowest BCUT2D eigenvalue weighted by molar-refractivity contribution is 0.253. The highest BCUT2D eigenvalue weighted by atomic mass is 35.5. The second-order valence-electron chi connectivity index (χ2n) is 6.84. The van der Waals surface area contributed by atoms with E-state index < -0.39 is 0 Å². The molecule has 3 nitrogen and oxygen atoms in total. The zero-order valence-electron chi connectivity index (χ0n) is 15.3. The molecule has 1 aliphatic rings. The van der Waals surface area contributed by atoms with Gasteiger partial charge in [0.05, 0.1) is 15.2 Å². The Bertz CT molecular complexity index is 809. The molecule has 4 rings (SSSR count). The van der Waals surface area contributed by atoms with E-state index in [1.807, 2.05) is 23.5 Å². The number of anilines is 1. The smallest absolute Gasteiger partial charge is 0.0938 e. The van der Waals surface area contributed by atoms with E-state index in [1.54, 1.807) is 0 Å². The minimum Gasteiger partial charge on any atom is -0.369 e. The number of aromatic nitrogens is 1. The van der Waals surface area contributed by atoms with Crippen molar-refractivity contribution in [3.8, 4) is 0 Å². The summed E-state index contributed by atoms with van der Waals surface area (Å²) in [5.41, 5.74) is 2.43. The number of hydrogen-bond acceptors (Lipinski definition) is 4. The van der Waals surface area contributed by atoms with Gasteiger partial charge in [-0.15, -0.1) is 23.7 Å². The molecule has 2 heterocycles. The molecule has 0 bridgehead atoms. The van der Waals surface area contributed by atoms with E-state index in [0.717, 1.165) is 43.1 Å². The molecule has 3 aromatic rings. The standard InChI is InChI=1S/C21H24ClN3S.ClH/c22-17-8-10-18(11-9-17)25-15-13-24(14-16-25)12-4-3-7-21-23-19-5-1-2-6-20(19)26-21;/h1-2,5-6,8-11H,3-4,7,12-16H2;1H. The molecule has 0 unspecified atom stereocenters. The number of hydrogen-bond donors (Lipinski definition) is 0. The summed E-state index contributed by atoms with van der Waals surface area (Å²) in [4.78, 5) is 9.78. The van der Waals surface area contributed by atoms with Gasteiger partial charge in [-0.1, -0.05) is 23.7 Å². The van der Waals surface area contributed by atoms with Crippen LogP contribution >= 0.6 is 35.3 Å². The molecule has 1 aromatic heterocycles.